The second-order valence-electron chi connectivity index (χ2n) is 5.25. The summed E-state index contributed by atoms with van der Waals surface area (Å²) in [7, 11) is 0. The predicted octanol–water partition coefficient (Wildman–Crippen LogP) is 2.42. The Bertz CT molecular complexity index is 596. The molecule has 3 N–H and O–H groups in total. The Morgan fingerprint density at radius 1 is 1.57 bits per heavy atom. The number of thioether (sulfide) groups is 1. The average Bonchev–Trinajstić information content (AvgIpc) is 3.13. The van der Waals surface area contributed by atoms with Gasteiger partial charge in [0.1, 0.15) is 5.75 Å². The van der Waals surface area contributed by atoms with E-state index in [0.717, 1.165) is 47.3 Å². The molecule has 0 radical (unpaired) electrons. The van der Waals surface area contributed by atoms with Crippen LogP contribution in [0, 0.1) is 5.92 Å². The normalized spacial score (nSPS) is 20.0. The molecule has 2 atom stereocenters. The second-order valence-corrected chi connectivity index (χ2v) is 6.26. The van der Waals surface area contributed by atoms with E-state index >= 15 is 0 Å². The first-order valence-electron chi connectivity index (χ1n) is 7.35. The molecule has 1 aliphatic rings. The van der Waals surface area contributed by atoms with Crippen LogP contribution in [0.3, 0.4) is 0 Å². The lowest BCUT2D eigenvalue weighted by molar-refractivity contribution is 0.182. The largest absolute Gasteiger partial charge is 0.494 e. The number of ether oxygens (including phenoxy) is 2. The Kier molecular flexibility index (Phi) is 4.67. The topological polar surface area (TPSA) is 73.2 Å². The van der Waals surface area contributed by atoms with Crippen molar-refractivity contribution in [1.29, 1.82) is 0 Å². The molecule has 0 amide bonds. The van der Waals surface area contributed by atoms with Crippen molar-refractivity contribution in [2.75, 3.05) is 25.6 Å². The van der Waals surface area contributed by atoms with Gasteiger partial charge in [-0.1, -0.05) is 11.8 Å². The predicted molar refractivity (Wildman–Crippen MR) is 84.9 cm³/mol. The number of aromatic nitrogens is 2. The lowest BCUT2D eigenvalue weighted by Crippen LogP contribution is -2.32. The van der Waals surface area contributed by atoms with Gasteiger partial charge in [-0.2, -0.15) is 0 Å². The zero-order valence-electron chi connectivity index (χ0n) is 12.2. The highest BCUT2D eigenvalue weighted by atomic mass is 32.2. The fourth-order valence-electron chi connectivity index (χ4n) is 2.49. The highest BCUT2D eigenvalue weighted by molar-refractivity contribution is 7.99. The lowest BCUT2D eigenvalue weighted by atomic mass is 10.0. The molecule has 1 aromatic heterocycles. The summed E-state index contributed by atoms with van der Waals surface area (Å²) in [5.41, 5.74) is 8.18. The minimum Gasteiger partial charge on any atom is -0.494 e. The van der Waals surface area contributed by atoms with Crippen molar-refractivity contribution in [3.05, 3.63) is 18.2 Å². The van der Waals surface area contributed by atoms with Gasteiger partial charge < -0.3 is 20.2 Å². The molecule has 2 unspecified atom stereocenters. The molecule has 1 aliphatic heterocycles. The maximum atomic E-state index is 6.22. The number of hydrogen-bond donors (Lipinski definition) is 2. The molecule has 0 aliphatic carbocycles. The van der Waals surface area contributed by atoms with E-state index in [2.05, 4.69) is 9.97 Å². The van der Waals surface area contributed by atoms with Crippen LogP contribution in [0.5, 0.6) is 5.75 Å². The first-order valence-corrected chi connectivity index (χ1v) is 8.33. The Hall–Kier alpha value is -1.24. The number of benzene rings is 1. The quantitative estimate of drug-likeness (QED) is 0.802. The first kappa shape index (κ1) is 14.7. The van der Waals surface area contributed by atoms with Crippen LogP contribution >= 0.6 is 11.8 Å². The smallest absolute Gasteiger partial charge is 0.166 e. The van der Waals surface area contributed by atoms with Crippen LogP contribution in [0.4, 0.5) is 0 Å². The maximum Gasteiger partial charge on any atom is 0.166 e. The van der Waals surface area contributed by atoms with E-state index in [0.29, 0.717) is 12.5 Å². The number of aromatic amines is 1. The fourth-order valence-corrected chi connectivity index (χ4v) is 3.46. The van der Waals surface area contributed by atoms with Crippen LogP contribution in [0.15, 0.2) is 23.4 Å². The Morgan fingerprint density at radius 3 is 3.24 bits per heavy atom. The number of nitrogens with one attached hydrogen (secondary N) is 1. The third-order valence-electron chi connectivity index (χ3n) is 3.73. The Morgan fingerprint density at radius 2 is 2.48 bits per heavy atom. The van der Waals surface area contributed by atoms with Crippen LogP contribution in [0.25, 0.3) is 11.0 Å². The third kappa shape index (κ3) is 3.51. The molecular weight excluding hydrogens is 286 g/mol. The van der Waals surface area contributed by atoms with Crippen molar-refractivity contribution < 1.29 is 9.47 Å². The first-order chi connectivity index (χ1) is 10.3. The highest BCUT2D eigenvalue weighted by Crippen LogP contribution is 2.25. The molecule has 114 valence electrons. The molecule has 2 aromatic rings. The Labute approximate surface area is 128 Å². The summed E-state index contributed by atoms with van der Waals surface area (Å²) in [6.45, 7) is 4.28. The van der Waals surface area contributed by atoms with Gasteiger partial charge >= 0.3 is 0 Å². The van der Waals surface area contributed by atoms with Crippen LogP contribution in [0.1, 0.15) is 13.3 Å². The van der Waals surface area contributed by atoms with E-state index in [1.807, 2.05) is 25.1 Å². The highest BCUT2D eigenvalue weighted by Gasteiger charge is 2.23. The number of nitrogens with zero attached hydrogens (tertiary/aromatic N) is 1. The summed E-state index contributed by atoms with van der Waals surface area (Å²) in [5, 5.41) is 0.910. The molecule has 1 aromatic carbocycles. The zero-order valence-corrected chi connectivity index (χ0v) is 13.0. The van der Waals surface area contributed by atoms with E-state index in [-0.39, 0.29) is 6.04 Å². The number of imidazole rings is 1. The molecule has 6 heteroatoms. The van der Waals surface area contributed by atoms with Gasteiger partial charge in [0.15, 0.2) is 5.16 Å². The molecule has 0 bridgehead atoms. The molecular formula is C15H21N3O2S. The van der Waals surface area contributed by atoms with Crippen LogP contribution in [0.2, 0.25) is 0 Å². The summed E-state index contributed by atoms with van der Waals surface area (Å²) >= 11 is 1.67. The standard InChI is InChI=1S/C15H21N3O2S/c1-2-20-11-3-4-13-14(7-11)18-15(17-13)21-9-12(16)10-5-6-19-8-10/h3-4,7,10,12H,2,5-6,8-9,16H2,1H3,(H,17,18). The molecule has 0 saturated carbocycles. The van der Waals surface area contributed by atoms with Gasteiger partial charge in [-0.3, -0.25) is 0 Å². The van der Waals surface area contributed by atoms with Gasteiger partial charge in [-0.25, -0.2) is 4.98 Å². The summed E-state index contributed by atoms with van der Waals surface area (Å²) in [5.74, 6) is 2.20. The van der Waals surface area contributed by atoms with E-state index in [4.69, 9.17) is 15.2 Å². The molecule has 1 fully saturated rings. The van der Waals surface area contributed by atoms with E-state index < -0.39 is 0 Å². The monoisotopic (exact) mass is 307 g/mol. The van der Waals surface area contributed by atoms with Crippen LogP contribution < -0.4 is 10.5 Å². The van der Waals surface area contributed by atoms with Crippen molar-refractivity contribution in [2.24, 2.45) is 11.7 Å². The number of fused-ring (bicyclic) bond motifs is 1. The molecule has 1 saturated heterocycles. The van der Waals surface area contributed by atoms with Gasteiger partial charge in [0.2, 0.25) is 0 Å². The maximum absolute atomic E-state index is 6.22. The summed E-state index contributed by atoms with van der Waals surface area (Å²) < 4.78 is 10.9. The van der Waals surface area contributed by atoms with E-state index in [1.165, 1.54) is 0 Å². The van der Waals surface area contributed by atoms with Crippen LogP contribution in [-0.4, -0.2) is 41.6 Å². The minimum atomic E-state index is 0.157. The molecule has 21 heavy (non-hydrogen) atoms. The summed E-state index contributed by atoms with van der Waals surface area (Å²) in [4.78, 5) is 7.90. The number of rotatable bonds is 6. The molecule has 5 nitrogen and oxygen atoms in total. The van der Waals surface area contributed by atoms with Crippen molar-refractivity contribution >= 4 is 22.8 Å². The Balaban J connectivity index is 1.63. The van der Waals surface area contributed by atoms with Crippen molar-refractivity contribution in [3.63, 3.8) is 0 Å². The zero-order chi connectivity index (χ0) is 14.7. The lowest BCUT2D eigenvalue weighted by Gasteiger charge is -2.15. The van der Waals surface area contributed by atoms with Crippen LogP contribution in [-0.2, 0) is 4.74 Å². The fraction of sp³-hybridized carbons (Fsp3) is 0.533. The number of nitrogens with two attached hydrogens (primary N) is 1. The summed E-state index contributed by atoms with van der Waals surface area (Å²) in [6.07, 6.45) is 1.07. The van der Waals surface area contributed by atoms with Gasteiger partial charge in [-0.05, 0) is 25.5 Å². The third-order valence-corrected chi connectivity index (χ3v) is 4.74. The number of H-pyrrole nitrogens is 1. The SMILES string of the molecule is CCOc1ccc2nc(SCC(N)C3CCOC3)[nH]c2c1. The molecule has 3 rings (SSSR count). The molecule has 0 spiro atoms. The van der Waals surface area contributed by atoms with Crippen molar-refractivity contribution in [2.45, 2.75) is 24.5 Å². The minimum absolute atomic E-state index is 0.157. The molecule has 2 heterocycles. The van der Waals surface area contributed by atoms with Gasteiger partial charge in [0.05, 0.1) is 24.2 Å². The average molecular weight is 307 g/mol. The van der Waals surface area contributed by atoms with Gasteiger partial charge in [0.25, 0.3) is 0 Å². The van der Waals surface area contributed by atoms with Gasteiger partial charge in [-0.15, -0.1) is 0 Å². The summed E-state index contributed by atoms with van der Waals surface area (Å²) in [6, 6.07) is 6.07. The number of hydrogen-bond acceptors (Lipinski definition) is 5. The van der Waals surface area contributed by atoms with Crippen molar-refractivity contribution in [3.8, 4) is 5.75 Å². The van der Waals surface area contributed by atoms with E-state index in [1.54, 1.807) is 11.8 Å². The van der Waals surface area contributed by atoms with E-state index in [9.17, 15) is 0 Å². The van der Waals surface area contributed by atoms with Gasteiger partial charge in [0, 0.05) is 30.4 Å². The second kappa shape index (κ2) is 6.68. The van der Waals surface area contributed by atoms with Crippen molar-refractivity contribution in [1.82, 2.24) is 9.97 Å².